The van der Waals surface area contributed by atoms with Crippen molar-refractivity contribution in [3.8, 4) is 0 Å². The number of piperidine rings is 1. The van der Waals surface area contributed by atoms with Gasteiger partial charge in [0.05, 0.1) is 5.56 Å². The predicted octanol–water partition coefficient (Wildman–Crippen LogP) is 3.69. The fourth-order valence-corrected chi connectivity index (χ4v) is 3.33. The van der Waals surface area contributed by atoms with E-state index in [0.29, 0.717) is 16.6 Å². The summed E-state index contributed by atoms with van der Waals surface area (Å²) in [6.07, 6.45) is -2.05. The molecule has 1 unspecified atom stereocenters. The van der Waals surface area contributed by atoms with Gasteiger partial charge in [-0.2, -0.15) is 24.9 Å². The van der Waals surface area contributed by atoms with Crippen LogP contribution in [0.25, 0.3) is 0 Å². The quantitative estimate of drug-likeness (QED) is 0.903. The number of hydrogen-bond acceptors (Lipinski definition) is 2. The van der Waals surface area contributed by atoms with Crippen LogP contribution < -0.4 is 5.32 Å². The van der Waals surface area contributed by atoms with Gasteiger partial charge in [0.15, 0.2) is 0 Å². The van der Waals surface area contributed by atoms with E-state index in [2.05, 4.69) is 5.32 Å². The van der Waals surface area contributed by atoms with Crippen LogP contribution in [0.2, 0.25) is 0 Å². The average Bonchev–Trinajstić information content (AvgIpc) is 2.37. The van der Waals surface area contributed by atoms with E-state index in [9.17, 15) is 13.2 Å². The molecule has 1 aromatic rings. The van der Waals surface area contributed by atoms with Crippen LogP contribution in [0.1, 0.15) is 24.0 Å². The zero-order chi connectivity index (χ0) is 13.0. The lowest BCUT2D eigenvalue weighted by atomic mass is 10.1. The first-order valence-corrected chi connectivity index (χ1v) is 7.09. The molecule has 18 heavy (non-hydrogen) atoms. The number of nitrogens with one attached hydrogen (secondary N) is 1. The van der Waals surface area contributed by atoms with E-state index in [0.717, 1.165) is 32.0 Å². The monoisotopic (exact) mass is 275 g/mol. The van der Waals surface area contributed by atoms with Gasteiger partial charge < -0.3 is 5.32 Å². The Bertz CT molecular complexity index is 386. The van der Waals surface area contributed by atoms with Gasteiger partial charge in [-0.1, -0.05) is 18.2 Å². The second-order valence-corrected chi connectivity index (χ2v) is 5.72. The summed E-state index contributed by atoms with van der Waals surface area (Å²) >= 11 is 1.62. The average molecular weight is 275 g/mol. The van der Waals surface area contributed by atoms with Crippen LogP contribution in [0.5, 0.6) is 0 Å². The Morgan fingerprint density at radius 3 is 2.72 bits per heavy atom. The topological polar surface area (TPSA) is 12.0 Å². The standard InChI is InChI=1S/C13H16F3NS/c14-13(15,16)12-6-2-1-4-10(12)9-18-11-5-3-7-17-8-11/h1-2,4,6,11,17H,3,5,7-9H2. The summed E-state index contributed by atoms with van der Waals surface area (Å²) < 4.78 is 38.4. The lowest BCUT2D eigenvalue weighted by Crippen LogP contribution is -2.31. The van der Waals surface area contributed by atoms with Gasteiger partial charge >= 0.3 is 6.18 Å². The molecular formula is C13H16F3NS. The van der Waals surface area contributed by atoms with E-state index < -0.39 is 11.7 Å². The molecule has 100 valence electrons. The molecule has 0 aliphatic carbocycles. The Labute approximate surface area is 109 Å². The van der Waals surface area contributed by atoms with Crippen LogP contribution >= 0.6 is 11.8 Å². The van der Waals surface area contributed by atoms with E-state index in [1.165, 1.54) is 6.07 Å². The van der Waals surface area contributed by atoms with Crippen molar-refractivity contribution in [1.82, 2.24) is 5.32 Å². The molecule has 0 saturated carbocycles. The van der Waals surface area contributed by atoms with E-state index in [1.54, 1.807) is 23.9 Å². The Morgan fingerprint density at radius 2 is 2.06 bits per heavy atom. The molecule has 1 aliphatic rings. The van der Waals surface area contributed by atoms with Crippen molar-refractivity contribution in [1.29, 1.82) is 0 Å². The van der Waals surface area contributed by atoms with Gasteiger partial charge in [-0.15, -0.1) is 0 Å². The first kappa shape index (κ1) is 13.7. The molecule has 1 atom stereocenters. The van der Waals surface area contributed by atoms with Crippen LogP contribution in [0, 0.1) is 0 Å². The fraction of sp³-hybridized carbons (Fsp3) is 0.538. The minimum atomic E-state index is -4.25. The van der Waals surface area contributed by atoms with Crippen LogP contribution in [-0.4, -0.2) is 18.3 Å². The highest BCUT2D eigenvalue weighted by Crippen LogP contribution is 2.34. The van der Waals surface area contributed by atoms with Gasteiger partial charge in [-0.3, -0.25) is 0 Å². The van der Waals surface area contributed by atoms with Crippen molar-refractivity contribution in [2.45, 2.75) is 30.0 Å². The molecule has 1 aliphatic heterocycles. The molecule has 1 N–H and O–H groups in total. The van der Waals surface area contributed by atoms with Crippen molar-refractivity contribution in [2.24, 2.45) is 0 Å². The maximum absolute atomic E-state index is 12.8. The first-order chi connectivity index (χ1) is 8.57. The van der Waals surface area contributed by atoms with Crippen LogP contribution in [0.15, 0.2) is 24.3 Å². The van der Waals surface area contributed by atoms with Gasteiger partial charge in [-0.25, -0.2) is 0 Å². The molecule has 1 aromatic carbocycles. The van der Waals surface area contributed by atoms with E-state index in [-0.39, 0.29) is 0 Å². The molecule has 0 radical (unpaired) electrons. The SMILES string of the molecule is FC(F)(F)c1ccccc1CSC1CCCNC1. The molecule has 0 aromatic heterocycles. The predicted molar refractivity (Wildman–Crippen MR) is 68.6 cm³/mol. The lowest BCUT2D eigenvalue weighted by Gasteiger charge is -2.22. The van der Waals surface area contributed by atoms with Crippen LogP contribution in [-0.2, 0) is 11.9 Å². The maximum Gasteiger partial charge on any atom is 0.416 e. The fourth-order valence-electron chi connectivity index (χ4n) is 2.09. The third-order valence-corrected chi connectivity index (χ3v) is 4.40. The smallest absolute Gasteiger partial charge is 0.316 e. The summed E-state index contributed by atoms with van der Waals surface area (Å²) in [6, 6.07) is 5.85. The molecule has 1 fully saturated rings. The molecule has 1 saturated heterocycles. The Balaban J connectivity index is 2.00. The number of rotatable bonds is 3. The van der Waals surface area contributed by atoms with E-state index in [1.807, 2.05) is 0 Å². The number of alkyl halides is 3. The molecular weight excluding hydrogens is 259 g/mol. The number of benzene rings is 1. The minimum absolute atomic E-state index is 0.389. The van der Waals surface area contributed by atoms with Gasteiger partial charge in [0.1, 0.15) is 0 Å². The van der Waals surface area contributed by atoms with Crippen molar-refractivity contribution < 1.29 is 13.2 Å². The van der Waals surface area contributed by atoms with Crippen molar-refractivity contribution in [2.75, 3.05) is 13.1 Å². The zero-order valence-electron chi connectivity index (χ0n) is 9.96. The van der Waals surface area contributed by atoms with Crippen molar-refractivity contribution in [3.05, 3.63) is 35.4 Å². The van der Waals surface area contributed by atoms with Crippen LogP contribution in [0.4, 0.5) is 13.2 Å². The number of hydrogen-bond donors (Lipinski definition) is 1. The summed E-state index contributed by atoms with van der Waals surface area (Å²) in [7, 11) is 0. The summed E-state index contributed by atoms with van der Waals surface area (Å²) in [5.74, 6) is 0.433. The third kappa shape index (κ3) is 3.65. The lowest BCUT2D eigenvalue weighted by molar-refractivity contribution is -0.138. The Kier molecular flexibility index (Phi) is 4.56. The highest BCUT2D eigenvalue weighted by Gasteiger charge is 2.32. The molecule has 0 spiro atoms. The molecule has 1 nitrogen and oxygen atoms in total. The molecule has 5 heteroatoms. The highest BCUT2D eigenvalue weighted by molar-refractivity contribution is 7.99. The first-order valence-electron chi connectivity index (χ1n) is 6.05. The number of halogens is 3. The second-order valence-electron chi connectivity index (χ2n) is 4.43. The molecule has 0 amide bonds. The van der Waals surface area contributed by atoms with E-state index in [4.69, 9.17) is 0 Å². The summed E-state index contributed by atoms with van der Waals surface area (Å²) in [4.78, 5) is 0. The normalized spacial score (nSPS) is 20.9. The summed E-state index contributed by atoms with van der Waals surface area (Å²) in [5, 5.41) is 3.70. The van der Waals surface area contributed by atoms with Gasteiger partial charge in [0.25, 0.3) is 0 Å². The summed E-state index contributed by atoms with van der Waals surface area (Å²) in [6.45, 7) is 1.93. The zero-order valence-corrected chi connectivity index (χ0v) is 10.8. The highest BCUT2D eigenvalue weighted by atomic mass is 32.2. The molecule has 0 bridgehead atoms. The third-order valence-electron chi connectivity index (χ3n) is 3.05. The molecule has 1 heterocycles. The van der Waals surface area contributed by atoms with Gasteiger partial charge in [0, 0.05) is 17.5 Å². The second kappa shape index (κ2) is 5.97. The largest absolute Gasteiger partial charge is 0.416 e. The number of thioether (sulfide) groups is 1. The van der Waals surface area contributed by atoms with Crippen LogP contribution in [0.3, 0.4) is 0 Å². The minimum Gasteiger partial charge on any atom is -0.316 e. The van der Waals surface area contributed by atoms with E-state index >= 15 is 0 Å². The molecule has 2 rings (SSSR count). The Morgan fingerprint density at radius 1 is 1.28 bits per heavy atom. The summed E-state index contributed by atoms with van der Waals surface area (Å²) in [5.41, 5.74) is -0.109. The van der Waals surface area contributed by atoms with Gasteiger partial charge in [-0.05, 0) is 31.0 Å². The van der Waals surface area contributed by atoms with Crippen molar-refractivity contribution >= 4 is 11.8 Å². The van der Waals surface area contributed by atoms with Crippen molar-refractivity contribution in [3.63, 3.8) is 0 Å². The maximum atomic E-state index is 12.8. The van der Waals surface area contributed by atoms with Gasteiger partial charge in [0.2, 0.25) is 0 Å². The Hall–Kier alpha value is -0.680.